The average molecular weight is 136 g/mol. The van der Waals surface area contributed by atoms with E-state index in [2.05, 4.69) is 12.7 Å². The highest BCUT2D eigenvalue weighted by atomic mass is 14.6. The van der Waals surface area contributed by atoms with Crippen molar-refractivity contribution in [1.29, 1.82) is 0 Å². The van der Waals surface area contributed by atoms with Gasteiger partial charge in [0.05, 0.1) is 0 Å². The molecule has 2 fully saturated rings. The van der Waals surface area contributed by atoms with Gasteiger partial charge in [-0.1, -0.05) is 12.5 Å². The molecule has 0 bridgehead atoms. The highest BCUT2D eigenvalue weighted by Gasteiger charge is 2.55. The van der Waals surface area contributed by atoms with Gasteiger partial charge in [-0.2, -0.15) is 0 Å². The van der Waals surface area contributed by atoms with Crippen molar-refractivity contribution in [3.63, 3.8) is 0 Å². The summed E-state index contributed by atoms with van der Waals surface area (Å²) in [5, 5.41) is 0. The van der Waals surface area contributed by atoms with Crippen LogP contribution < -0.4 is 0 Å². The third-order valence-corrected chi connectivity index (χ3v) is 3.43. The summed E-state index contributed by atoms with van der Waals surface area (Å²) in [7, 11) is 0. The van der Waals surface area contributed by atoms with Gasteiger partial charge in [-0.3, -0.25) is 0 Å². The van der Waals surface area contributed by atoms with Gasteiger partial charge in [-0.05, 0) is 43.4 Å². The molecule has 56 valence electrons. The fraction of sp³-hybridized carbons (Fsp3) is 0.800. The minimum Gasteiger partial charge on any atom is -0.103 e. The summed E-state index contributed by atoms with van der Waals surface area (Å²) in [6.45, 7) is 3.77. The summed E-state index contributed by atoms with van der Waals surface area (Å²) in [6, 6.07) is 0. The van der Waals surface area contributed by atoms with E-state index in [1.807, 2.05) is 0 Å². The zero-order valence-corrected chi connectivity index (χ0v) is 6.60. The zero-order chi connectivity index (χ0) is 7.03. The van der Waals surface area contributed by atoms with Crippen LogP contribution in [0.5, 0.6) is 0 Å². The second-order valence-electron chi connectivity index (χ2n) is 3.98. The van der Waals surface area contributed by atoms with Crippen molar-refractivity contribution in [2.75, 3.05) is 0 Å². The SMILES string of the molecule is C=CCCC12CCCC1C2. The molecule has 0 N–H and O–H groups in total. The molecule has 0 aromatic carbocycles. The molecule has 2 atom stereocenters. The second kappa shape index (κ2) is 2.11. The van der Waals surface area contributed by atoms with Crippen molar-refractivity contribution in [3.05, 3.63) is 12.7 Å². The maximum absolute atomic E-state index is 3.77. The van der Waals surface area contributed by atoms with Crippen molar-refractivity contribution in [2.45, 2.75) is 38.5 Å². The summed E-state index contributed by atoms with van der Waals surface area (Å²) in [4.78, 5) is 0. The van der Waals surface area contributed by atoms with Crippen molar-refractivity contribution in [1.82, 2.24) is 0 Å². The molecule has 0 aliphatic heterocycles. The topological polar surface area (TPSA) is 0 Å². The Morgan fingerprint density at radius 2 is 2.50 bits per heavy atom. The lowest BCUT2D eigenvalue weighted by Crippen LogP contribution is -1.96. The number of rotatable bonds is 3. The first kappa shape index (κ1) is 6.45. The smallest absolute Gasteiger partial charge is 0.0263 e. The van der Waals surface area contributed by atoms with Crippen LogP contribution >= 0.6 is 0 Å². The monoisotopic (exact) mass is 136 g/mol. The Kier molecular flexibility index (Phi) is 1.36. The highest BCUT2D eigenvalue weighted by molar-refractivity contribution is 5.06. The predicted octanol–water partition coefficient (Wildman–Crippen LogP) is 3.14. The van der Waals surface area contributed by atoms with Crippen LogP contribution in [0.25, 0.3) is 0 Å². The molecule has 0 nitrogen and oxygen atoms in total. The van der Waals surface area contributed by atoms with Gasteiger partial charge in [0.2, 0.25) is 0 Å². The van der Waals surface area contributed by atoms with E-state index < -0.39 is 0 Å². The first-order chi connectivity index (χ1) is 4.87. The van der Waals surface area contributed by atoms with E-state index in [-0.39, 0.29) is 0 Å². The zero-order valence-electron chi connectivity index (χ0n) is 6.60. The lowest BCUT2D eigenvalue weighted by Gasteiger charge is -2.08. The molecule has 2 rings (SSSR count). The molecule has 0 aromatic rings. The molecule has 0 amide bonds. The van der Waals surface area contributed by atoms with Crippen LogP contribution in [0, 0.1) is 11.3 Å². The van der Waals surface area contributed by atoms with Gasteiger partial charge in [0.25, 0.3) is 0 Å². The quantitative estimate of drug-likeness (QED) is 0.523. The predicted molar refractivity (Wildman–Crippen MR) is 43.8 cm³/mol. The first-order valence-electron chi connectivity index (χ1n) is 4.48. The van der Waals surface area contributed by atoms with Crippen LogP contribution in [-0.2, 0) is 0 Å². The minimum absolute atomic E-state index is 0.841. The molecule has 0 saturated heterocycles. The number of hydrogen-bond acceptors (Lipinski definition) is 0. The van der Waals surface area contributed by atoms with Crippen LogP contribution in [0.15, 0.2) is 12.7 Å². The summed E-state index contributed by atoms with van der Waals surface area (Å²) in [5.41, 5.74) is 0.841. The van der Waals surface area contributed by atoms with Crippen LogP contribution in [0.2, 0.25) is 0 Å². The van der Waals surface area contributed by atoms with Gasteiger partial charge in [0, 0.05) is 0 Å². The van der Waals surface area contributed by atoms with Gasteiger partial charge >= 0.3 is 0 Å². The maximum atomic E-state index is 3.77. The largest absolute Gasteiger partial charge is 0.103 e. The highest BCUT2D eigenvalue weighted by Crippen LogP contribution is 2.65. The number of hydrogen-bond donors (Lipinski definition) is 0. The lowest BCUT2D eigenvalue weighted by atomic mass is 9.97. The first-order valence-corrected chi connectivity index (χ1v) is 4.48. The van der Waals surface area contributed by atoms with Crippen LogP contribution in [0.4, 0.5) is 0 Å². The Morgan fingerprint density at radius 3 is 3.00 bits per heavy atom. The van der Waals surface area contributed by atoms with E-state index in [1.165, 1.54) is 32.1 Å². The van der Waals surface area contributed by atoms with Crippen LogP contribution in [0.3, 0.4) is 0 Å². The Bertz CT molecular complexity index is 148. The van der Waals surface area contributed by atoms with Gasteiger partial charge in [-0.15, -0.1) is 6.58 Å². The summed E-state index contributed by atoms with van der Waals surface area (Å²) in [5.74, 6) is 1.13. The molecule has 0 heteroatoms. The molecule has 0 heterocycles. The molecule has 10 heavy (non-hydrogen) atoms. The van der Waals surface area contributed by atoms with Crippen molar-refractivity contribution in [3.8, 4) is 0 Å². The summed E-state index contributed by atoms with van der Waals surface area (Å²) < 4.78 is 0. The van der Waals surface area contributed by atoms with E-state index in [9.17, 15) is 0 Å². The molecule has 2 aliphatic carbocycles. The Balaban J connectivity index is 1.86. The third-order valence-electron chi connectivity index (χ3n) is 3.43. The minimum atomic E-state index is 0.841. The lowest BCUT2D eigenvalue weighted by molar-refractivity contribution is 0.451. The number of fused-ring (bicyclic) bond motifs is 1. The van der Waals surface area contributed by atoms with Crippen molar-refractivity contribution < 1.29 is 0 Å². The summed E-state index contributed by atoms with van der Waals surface area (Å²) in [6.07, 6.45) is 10.8. The molecular formula is C10H16. The normalized spacial score (nSPS) is 43.0. The van der Waals surface area contributed by atoms with Gasteiger partial charge in [0.1, 0.15) is 0 Å². The molecule has 0 spiro atoms. The van der Waals surface area contributed by atoms with Crippen LogP contribution in [-0.4, -0.2) is 0 Å². The second-order valence-corrected chi connectivity index (χ2v) is 3.98. The van der Waals surface area contributed by atoms with Gasteiger partial charge in [0.15, 0.2) is 0 Å². The van der Waals surface area contributed by atoms with E-state index >= 15 is 0 Å². The summed E-state index contributed by atoms with van der Waals surface area (Å²) >= 11 is 0. The molecular weight excluding hydrogens is 120 g/mol. The average Bonchev–Trinajstić information content (AvgIpc) is 2.51. The molecule has 0 aromatic heterocycles. The standard InChI is InChI=1S/C10H16/c1-2-3-6-10-7-4-5-9(10)8-10/h2,9H,1,3-8H2. The van der Waals surface area contributed by atoms with E-state index in [1.54, 1.807) is 6.42 Å². The van der Waals surface area contributed by atoms with E-state index in [0.29, 0.717) is 0 Å². The Labute approximate surface area is 63.3 Å². The van der Waals surface area contributed by atoms with Gasteiger partial charge < -0.3 is 0 Å². The van der Waals surface area contributed by atoms with Crippen LogP contribution in [0.1, 0.15) is 38.5 Å². The van der Waals surface area contributed by atoms with Crippen molar-refractivity contribution in [2.24, 2.45) is 11.3 Å². The van der Waals surface area contributed by atoms with E-state index in [4.69, 9.17) is 0 Å². The Morgan fingerprint density at radius 1 is 1.60 bits per heavy atom. The Hall–Kier alpha value is -0.260. The molecule has 0 radical (unpaired) electrons. The third kappa shape index (κ3) is 0.817. The molecule has 2 unspecified atom stereocenters. The van der Waals surface area contributed by atoms with Gasteiger partial charge in [-0.25, -0.2) is 0 Å². The molecule has 2 saturated carbocycles. The molecule has 2 aliphatic rings. The fourth-order valence-electron chi connectivity index (χ4n) is 2.67. The fourth-order valence-corrected chi connectivity index (χ4v) is 2.67. The maximum Gasteiger partial charge on any atom is -0.0263 e. The number of allylic oxidation sites excluding steroid dienone is 1. The van der Waals surface area contributed by atoms with E-state index in [0.717, 1.165) is 11.3 Å². The van der Waals surface area contributed by atoms with Crippen molar-refractivity contribution >= 4 is 0 Å².